The van der Waals surface area contributed by atoms with E-state index in [1.165, 1.54) is 5.56 Å². The fraction of sp³-hybridized carbons (Fsp3) is 0.440. The number of hydrogen-bond acceptors (Lipinski definition) is 4. The van der Waals surface area contributed by atoms with Crippen LogP contribution in [0.5, 0.6) is 0 Å². The number of carbonyl (C=O) groups excluding carboxylic acids is 2. The summed E-state index contributed by atoms with van der Waals surface area (Å²) < 4.78 is 6.39. The van der Waals surface area contributed by atoms with Gasteiger partial charge in [-0.15, -0.1) is 0 Å². The Morgan fingerprint density at radius 2 is 1.77 bits per heavy atom. The first-order chi connectivity index (χ1) is 15.0. The summed E-state index contributed by atoms with van der Waals surface area (Å²) in [5.41, 5.74) is 2.08. The molecule has 6 nitrogen and oxygen atoms in total. The number of fused-ring (bicyclic) bond motifs is 1. The lowest BCUT2D eigenvalue weighted by Crippen LogP contribution is -2.51. The van der Waals surface area contributed by atoms with E-state index in [1.54, 1.807) is 0 Å². The van der Waals surface area contributed by atoms with Gasteiger partial charge in [0, 0.05) is 51.3 Å². The van der Waals surface area contributed by atoms with Gasteiger partial charge in [0.1, 0.15) is 6.23 Å². The van der Waals surface area contributed by atoms with Crippen molar-refractivity contribution in [2.75, 3.05) is 32.1 Å². The van der Waals surface area contributed by atoms with Gasteiger partial charge >= 0.3 is 0 Å². The molecule has 2 amide bonds. The van der Waals surface area contributed by atoms with Gasteiger partial charge in [-0.1, -0.05) is 36.4 Å². The maximum Gasteiger partial charge on any atom is 0.257 e. The van der Waals surface area contributed by atoms with Crippen LogP contribution in [0.2, 0.25) is 0 Å². The third kappa shape index (κ3) is 3.39. The van der Waals surface area contributed by atoms with Crippen LogP contribution in [0, 0.1) is 0 Å². The first kappa shape index (κ1) is 20.1. The topological polar surface area (TPSA) is 53.1 Å². The second-order valence-corrected chi connectivity index (χ2v) is 9.02. The Morgan fingerprint density at radius 3 is 2.48 bits per heavy atom. The number of nitrogens with zero attached hydrogens (tertiary/aromatic N) is 3. The summed E-state index contributed by atoms with van der Waals surface area (Å²) in [5.74, 6) is 0.122. The van der Waals surface area contributed by atoms with Crippen LogP contribution in [-0.4, -0.2) is 60.6 Å². The van der Waals surface area contributed by atoms with Gasteiger partial charge in [-0.25, -0.2) is 0 Å². The van der Waals surface area contributed by atoms with E-state index < -0.39 is 5.60 Å². The van der Waals surface area contributed by atoms with Gasteiger partial charge in [-0.2, -0.15) is 0 Å². The highest BCUT2D eigenvalue weighted by molar-refractivity contribution is 5.95. The zero-order chi connectivity index (χ0) is 21.6. The number of ether oxygens (including phenoxy) is 1. The van der Waals surface area contributed by atoms with E-state index in [4.69, 9.17) is 4.74 Å². The van der Waals surface area contributed by atoms with Crippen molar-refractivity contribution in [3.8, 4) is 0 Å². The van der Waals surface area contributed by atoms with E-state index in [0.29, 0.717) is 31.5 Å². The lowest BCUT2D eigenvalue weighted by Gasteiger charge is -2.37. The smallest absolute Gasteiger partial charge is 0.257 e. The summed E-state index contributed by atoms with van der Waals surface area (Å²) in [7, 11) is 3.93. The maximum atomic E-state index is 13.5. The van der Waals surface area contributed by atoms with Crippen LogP contribution in [0.25, 0.3) is 0 Å². The Kier molecular flexibility index (Phi) is 4.97. The van der Waals surface area contributed by atoms with Crippen molar-refractivity contribution < 1.29 is 14.3 Å². The molecule has 0 aliphatic carbocycles. The van der Waals surface area contributed by atoms with Gasteiger partial charge in [-0.3, -0.25) is 9.59 Å². The predicted octanol–water partition coefficient (Wildman–Crippen LogP) is 3.45. The summed E-state index contributed by atoms with van der Waals surface area (Å²) in [4.78, 5) is 32.4. The van der Waals surface area contributed by atoms with Crippen LogP contribution < -0.4 is 4.90 Å². The van der Waals surface area contributed by atoms with Crippen LogP contribution in [0.4, 0.5) is 5.69 Å². The standard InChI is InChI=1S/C25H29N3O3/c1-26(2)20-10-6-9-19(17-20)23(29)27-15-13-25(14-16-27)24(30)28-21(11-12-22(28)31-25)18-7-4-3-5-8-18/h3-10,17,21-22H,11-16H2,1-2H3. The molecular weight excluding hydrogens is 390 g/mol. The lowest BCUT2D eigenvalue weighted by atomic mass is 9.89. The number of rotatable bonds is 3. The number of likely N-dealkylation sites (tertiary alicyclic amines) is 1. The number of carbonyl (C=O) groups is 2. The SMILES string of the molecule is CN(C)c1cccc(C(=O)N2CCC3(CC2)OC2CCC(c4ccccc4)N2C3=O)c1. The van der Waals surface area contributed by atoms with E-state index in [0.717, 1.165) is 18.5 Å². The number of benzene rings is 2. The molecule has 3 saturated heterocycles. The van der Waals surface area contributed by atoms with E-state index in [9.17, 15) is 9.59 Å². The number of piperidine rings is 1. The summed E-state index contributed by atoms with van der Waals surface area (Å²) in [6.45, 7) is 1.07. The minimum absolute atomic E-state index is 0.0201. The van der Waals surface area contributed by atoms with E-state index in [2.05, 4.69) is 12.1 Å². The maximum absolute atomic E-state index is 13.5. The zero-order valence-corrected chi connectivity index (χ0v) is 18.2. The molecule has 0 N–H and O–H groups in total. The molecule has 2 aromatic carbocycles. The van der Waals surface area contributed by atoms with Gasteiger partial charge in [0.15, 0.2) is 5.60 Å². The van der Waals surface area contributed by atoms with Gasteiger partial charge in [0.2, 0.25) is 0 Å². The van der Waals surface area contributed by atoms with E-state index >= 15 is 0 Å². The average molecular weight is 420 g/mol. The highest BCUT2D eigenvalue weighted by Crippen LogP contribution is 2.47. The fourth-order valence-corrected chi connectivity index (χ4v) is 5.22. The van der Waals surface area contributed by atoms with Crippen molar-refractivity contribution >= 4 is 17.5 Å². The van der Waals surface area contributed by atoms with E-state index in [-0.39, 0.29) is 24.1 Å². The average Bonchev–Trinajstić information content (AvgIpc) is 3.32. The zero-order valence-electron chi connectivity index (χ0n) is 18.2. The van der Waals surface area contributed by atoms with Crippen molar-refractivity contribution in [3.63, 3.8) is 0 Å². The highest BCUT2D eigenvalue weighted by Gasteiger charge is 2.58. The Labute approximate surface area is 183 Å². The number of amides is 2. The quantitative estimate of drug-likeness (QED) is 0.765. The van der Waals surface area contributed by atoms with Gasteiger partial charge in [-0.05, 0) is 36.6 Å². The van der Waals surface area contributed by atoms with Gasteiger partial charge in [0.05, 0.1) is 6.04 Å². The molecule has 5 rings (SSSR count). The molecule has 3 heterocycles. The van der Waals surface area contributed by atoms with Crippen LogP contribution in [0.3, 0.4) is 0 Å². The van der Waals surface area contributed by atoms with Crippen molar-refractivity contribution in [1.29, 1.82) is 0 Å². The van der Waals surface area contributed by atoms with Gasteiger partial charge in [0.25, 0.3) is 11.8 Å². The van der Waals surface area contributed by atoms with Crippen LogP contribution in [-0.2, 0) is 9.53 Å². The highest BCUT2D eigenvalue weighted by atomic mass is 16.6. The lowest BCUT2D eigenvalue weighted by molar-refractivity contribution is -0.142. The molecule has 3 aliphatic rings. The molecule has 2 unspecified atom stereocenters. The third-order valence-electron chi connectivity index (χ3n) is 6.97. The summed E-state index contributed by atoms with van der Waals surface area (Å²) in [5, 5.41) is 0. The molecule has 162 valence electrons. The molecule has 0 radical (unpaired) electrons. The fourth-order valence-electron chi connectivity index (χ4n) is 5.22. The normalized spacial score (nSPS) is 24.5. The summed E-state index contributed by atoms with van der Waals surface area (Å²) >= 11 is 0. The second-order valence-electron chi connectivity index (χ2n) is 9.02. The monoisotopic (exact) mass is 419 g/mol. The van der Waals surface area contributed by atoms with E-state index in [1.807, 2.05) is 71.3 Å². The molecule has 6 heteroatoms. The first-order valence-electron chi connectivity index (χ1n) is 11.1. The van der Waals surface area contributed by atoms with Crippen LogP contribution >= 0.6 is 0 Å². The van der Waals surface area contributed by atoms with Gasteiger partial charge < -0.3 is 19.4 Å². The molecule has 31 heavy (non-hydrogen) atoms. The number of hydrogen-bond donors (Lipinski definition) is 0. The van der Waals surface area contributed by atoms with Crippen molar-refractivity contribution in [2.45, 2.75) is 43.6 Å². The Bertz CT molecular complexity index is 983. The molecule has 2 aromatic rings. The molecule has 0 saturated carbocycles. The summed E-state index contributed by atoms with van der Waals surface area (Å²) in [6.07, 6.45) is 2.77. The Morgan fingerprint density at radius 1 is 1.03 bits per heavy atom. The predicted molar refractivity (Wildman–Crippen MR) is 119 cm³/mol. The first-order valence-corrected chi connectivity index (χ1v) is 11.1. The molecule has 2 atom stereocenters. The second kappa shape index (κ2) is 7.68. The molecule has 3 fully saturated rings. The Hall–Kier alpha value is -2.86. The van der Waals surface area contributed by atoms with Crippen LogP contribution in [0.15, 0.2) is 54.6 Å². The van der Waals surface area contributed by atoms with Crippen molar-refractivity contribution in [1.82, 2.24) is 9.80 Å². The number of anilines is 1. The van der Waals surface area contributed by atoms with Crippen molar-refractivity contribution in [2.24, 2.45) is 0 Å². The summed E-state index contributed by atoms with van der Waals surface area (Å²) in [6, 6.07) is 18.0. The molecule has 0 bridgehead atoms. The molecule has 1 spiro atoms. The molecular formula is C25H29N3O3. The molecule has 3 aliphatic heterocycles. The minimum Gasteiger partial charge on any atom is -0.378 e. The third-order valence-corrected chi connectivity index (χ3v) is 6.97. The Balaban J connectivity index is 1.29. The largest absolute Gasteiger partial charge is 0.378 e. The van der Waals surface area contributed by atoms with Crippen LogP contribution in [0.1, 0.15) is 47.6 Å². The minimum atomic E-state index is -0.777. The van der Waals surface area contributed by atoms with Crippen molar-refractivity contribution in [3.05, 3.63) is 65.7 Å². The molecule has 0 aromatic heterocycles.